The van der Waals surface area contributed by atoms with Crippen LogP contribution < -0.4 is 16.2 Å². The van der Waals surface area contributed by atoms with Crippen molar-refractivity contribution in [1.82, 2.24) is 0 Å². The minimum absolute atomic E-state index is 0.463. The lowest BCUT2D eigenvalue weighted by Crippen LogP contribution is -2.02. The van der Waals surface area contributed by atoms with E-state index in [2.05, 4.69) is 6.58 Å². The Kier molecular flexibility index (Phi) is 3.52. The van der Waals surface area contributed by atoms with E-state index in [0.717, 1.165) is 17.2 Å². The number of hydrogen-bond acceptors (Lipinski definition) is 4. The van der Waals surface area contributed by atoms with Crippen LogP contribution in [0.4, 0.5) is 11.4 Å². The molecule has 2 rings (SSSR count). The summed E-state index contributed by atoms with van der Waals surface area (Å²) in [5, 5.41) is 0. The van der Waals surface area contributed by atoms with Crippen molar-refractivity contribution in [3.8, 4) is 16.9 Å². The first-order valence-corrected chi connectivity index (χ1v) is 5.69. The lowest BCUT2D eigenvalue weighted by molar-refractivity contribution is -0.128. The van der Waals surface area contributed by atoms with Crippen molar-refractivity contribution >= 4 is 17.3 Å². The van der Waals surface area contributed by atoms with Crippen molar-refractivity contribution in [2.75, 3.05) is 11.5 Å². The Morgan fingerprint density at radius 2 is 1.58 bits per heavy atom. The summed E-state index contributed by atoms with van der Waals surface area (Å²) < 4.78 is 5.00. The van der Waals surface area contributed by atoms with Crippen LogP contribution in [0.25, 0.3) is 11.1 Å². The van der Waals surface area contributed by atoms with Crippen LogP contribution >= 0.6 is 0 Å². The van der Waals surface area contributed by atoms with Gasteiger partial charge in [0.2, 0.25) is 0 Å². The standard InChI is InChI=1S/C15H14N2O2/c1-2-15(18)19-14-5-3-10(4-6-14)11-7-12(16)9-13(17)8-11/h2-9H,1,16-17H2. The highest BCUT2D eigenvalue weighted by Crippen LogP contribution is 2.26. The van der Waals surface area contributed by atoms with Gasteiger partial charge in [0, 0.05) is 17.5 Å². The molecule has 0 saturated heterocycles. The van der Waals surface area contributed by atoms with Crippen LogP contribution in [0.5, 0.6) is 5.75 Å². The summed E-state index contributed by atoms with van der Waals surface area (Å²) in [5.41, 5.74) is 14.6. The third-order valence-corrected chi connectivity index (χ3v) is 2.55. The van der Waals surface area contributed by atoms with Crippen molar-refractivity contribution < 1.29 is 9.53 Å². The van der Waals surface area contributed by atoms with Gasteiger partial charge in [-0.2, -0.15) is 0 Å². The van der Waals surface area contributed by atoms with E-state index < -0.39 is 5.97 Å². The number of carbonyl (C=O) groups excluding carboxylic acids is 1. The number of ether oxygens (including phenoxy) is 1. The monoisotopic (exact) mass is 254 g/mol. The molecule has 0 aliphatic carbocycles. The molecule has 0 saturated carbocycles. The molecule has 2 aromatic carbocycles. The van der Waals surface area contributed by atoms with Gasteiger partial charge in [0.1, 0.15) is 5.75 Å². The average molecular weight is 254 g/mol. The number of carbonyl (C=O) groups is 1. The summed E-state index contributed by atoms with van der Waals surface area (Å²) in [6.07, 6.45) is 1.12. The fraction of sp³-hybridized carbons (Fsp3) is 0. The molecule has 96 valence electrons. The zero-order valence-electron chi connectivity index (χ0n) is 10.3. The quantitative estimate of drug-likeness (QED) is 0.382. The molecule has 0 unspecified atom stereocenters. The third kappa shape index (κ3) is 3.13. The van der Waals surface area contributed by atoms with E-state index in [4.69, 9.17) is 16.2 Å². The molecule has 0 fully saturated rings. The lowest BCUT2D eigenvalue weighted by atomic mass is 10.0. The van der Waals surface area contributed by atoms with Crippen molar-refractivity contribution in [3.63, 3.8) is 0 Å². The van der Waals surface area contributed by atoms with Crippen LogP contribution in [0, 0.1) is 0 Å². The molecular weight excluding hydrogens is 240 g/mol. The molecule has 0 bridgehead atoms. The van der Waals surface area contributed by atoms with Crippen LogP contribution in [0.1, 0.15) is 0 Å². The number of hydrogen-bond donors (Lipinski definition) is 2. The number of anilines is 2. The first-order valence-electron chi connectivity index (χ1n) is 5.69. The lowest BCUT2D eigenvalue weighted by Gasteiger charge is -2.06. The van der Waals surface area contributed by atoms with Crippen LogP contribution in [0.2, 0.25) is 0 Å². The molecule has 0 radical (unpaired) electrons. The molecular formula is C15H14N2O2. The highest BCUT2D eigenvalue weighted by molar-refractivity contribution is 5.83. The fourth-order valence-electron chi connectivity index (χ4n) is 1.72. The van der Waals surface area contributed by atoms with Gasteiger partial charge in [-0.3, -0.25) is 0 Å². The second-order valence-electron chi connectivity index (χ2n) is 4.04. The average Bonchev–Trinajstić information content (AvgIpc) is 2.38. The molecule has 2 aromatic rings. The normalized spacial score (nSPS) is 9.89. The van der Waals surface area contributed by atoms with E-state index in [-0.39, 0.29) is 0 Å². The van der Waals surface area contributed by atoms with Gasteiger partial charge < -0.3 is 16.2 Å². The Morgan fingerprint density at radius 1 is 1.00 bits per heavy atom. The number of nitrogen functional groups attached to an aromatic ring is 2. The summed E-state index contributed by atoms with van der Waals surface area (Å²) in [5.74, 6) is -0.0218. The van der Waals surface area contributed by atoms with Crippen LogP contribution in [0.15, 0.2) is 55.1 Å². The first-order chi connectivity index (χ1) is 9.08. The molecule has 19 heavy (non-hydrogen) atoms. The third-order valence-electron chi connectivity index (χ3n) is 2.55. The molecule has 0 aliphatic rings. The summed E-state index contributed by atoms with van der Waals surface area (Å²) >= 11 is 0. The maximum Gasteiger partial charge on any atom is 0.335 e. The largest absolute Gasteiger partial charge is 0.423 e. The fourth-order valence-corrected chi connectivity index (χ4v) is 1.72. The number of esters is 1. The number of benzene rings is 2. The molecule has 4 nitrogen and oxygen atoms in total. The van der Waals surface area contributed by atoms with E-state index in [1.54, 1.807) is 18.2 Å². The molecule has 4 heteroatoms. The summed E-state index contributed by atoms with van der Waals surface area (Å²) in [6.45, 7) is 3.34. The Hall–Kier alpha value is -2.75. The smallest absolute Gasteiger partial charge is 0.335 e. The van der Waals surface area contributed by atoms with Gasteiger partial charge in [-0.15, -0.1) is 0 Å². The van der Waals surface area contributed by atoms with Gasteiger partial charge in [0.15, 0.2) is 0 Å². The van der Waals surface area contributed by atoms with Crippen LogP contribution in [0.3, 0.4) is 0 Å². The highest BCUT2D eigenvalue weighted by Gasteiger charge is 2.03. The van der Waals surface area contributed by atoms with Crippen LogP contribution in [-0.4, -0.2) is 5.97 Å². The second kappa shape index (κ2) is 5.27. The minimum atomic E-state index is -0.485. The van der Waals surface area contributed by atoms with Gasteiger partial charge in [-0.1, -0.05) is 18.7 Å². The topological polar surface area (TPSA) is 78.3 Å². The molecule has 0 spiro atoms. The predicted octanol–water partition coefficient (Wildman–Crippen LogP) is 2.61. The Bertz CT molecular complexity index is 598. The zero-order valence-corrected chi connectivity index (χ0v) is 10.3. The Balaban J connectivity index is 2.27. The highest BCUT2D eigenvalue weighted by atomic mass is 16.5. The Morgan fingerprint density at radius 3 is 2.11 bits per heavy atom. The minimum Gasteiger partial charge on any atom is -0.423 e. The maximum atomic E-state index is 11.1. The van der Waals surface area contributed by atoms with Crippen molar-refractivity contribution in [3.05, 3.63) is 55.1 Å². The van der Waals surface area contributed by atoms with Gasteiger partial charge in [-0.25, -0.2) is 4.79 Å². The van der Waals surface area contributed by atoms with Crippen molar-refractivity contribution in [1.29, 1.82) is 0 Å². The van der Waals surface area contributed by atoms with Crippen molar-refractivity contribution in [2.24, 2.45) is 0 Å². The van der Waals surface area contributed by atoms with E-state index in [1.165, 1.54) is 0 Å². The van der Waals surface area contributed by atoms with E-state index in [1.807, 2.05) is 24.3 Å². The number of nitrogens with two attached hydrogens (primary N) is 2. The molecule has 0 heterocycles. The zero-order chi connectivity index (χ0) is 13.8. The van der Waals surface area contributed by atoms with E-state index in [0.29, 0.717) is 17.1 Å². The van der Waals surface area contributed by atoms with Gasteiger partial charge >= 0.3 is 5.97 Å². The Labute approximate surface area is 111 Å². The summed E-state index contributed by atoms with van der Waals surface area (Å²) in [4.78, 5) is 11.1. The predicted molar refractivity (Wildman–Crippen MR) is 76.5 cm³/mol. The SMILES string of the molecule is C=CC(=O)Oc1ccc(-c2cc(N)cc(N)c2)cc1. The van der Waals surface area contributed by atoms with Crippen molar-refractivity contribution in [2.45, 2.75) is 0 Å². The van der Waals surface area contributed by atoms with E-state index in [9.17, 15) is 4.79 Å². The summed E-state index contributed by atoms with van der Waals surface area (Å²) in [6, 6.07) is 12.4. The number of rotatable bonds is 3. The van der Waals surface area contributed by atoms with Gasteiger partial charge in [0.25, 0.3) is 0 Å². The van der Waals surface area contributed by atoms with Gasteiger partial charge in [0.05, 0.1) is 0 Å². The first kappa shape index (κ1) is 12.7. The molecule has 0 amide bonds. The van der Waals surface area contributed by atoms with Gasteiger partial charge in [-0.05, 0) is 41.5 Å². The van der Waals surface area contributed by atoms with Crippen LogP contribution in [-0.2, 0) is 4.79 Å². The second-order valence-corrected chi connectivity index (χ2v) is 4.04. The maximum absolute atomic E-state index is 11.1. The molecule has 0 atom stereocenters. The summed E-state index contributed by atoms with van der Waals surface area (Å²) in [7, 11) is 0. The van der Waals surface area contributed by atoms with E-state index >= 15 is 0 Å². The molecule has 4 N–H and O–H groups in total. The molecule has 0 aromatic heterocycles. The molecule has 0 aliphatic heterocycles.